The van der Waals surface area contributed by atoms with Gasteiger partial charge in [0, 0.05) is 18.9 Å². The summed E-state index contributed by atoms with van der Waals surface area (Å²) in [5.41, 5.74) is 0.994. The van der Waals surface area contributed by atoms with Gasteiger partial charge in [-0.1, -0.05) is 0 Å². The van der Waals surface area contributed by atoms with Crippen molar-refractivity contribution >= 4 is 18.2 Å². The van der Waals surface area contributed by atoms with Gasteiger partial charge in [-0.25, -0.2) is 4.98 Å². The third-order valence-corrected chi connectivity index (χ3v) is 1.45. The molecule has 0 spiro atoms. The molecular weight excluding hydrogens is 164 g/mol. The maximum absolute atomic E-state index is 4.13. The predicted octanol–water partition coefficient (Wildman–Crippen LogP) is 0.371. The molecule has 0 bridgehead atoms. The summed E-state index contributed by atoms with van der Waals surface area (Å²) in [7, 11) is 0. The minimum atomic E-state index is 0. The molecule has 1 aromatic heterocycles. The zero-order chi connectivity index (χ0) is 6.81. The topological polar surface area (TPSA) is 49.8 Å². The SMILES string of the molecule is Cl.c1cnc2c(n1)CNCN2. The highest BCUT2D eigenvalue weighted by Crippen LogP contribution is 2.09. The van der Waals surface area contributed by atoms with Crippen molar-refractivity contribution in [1.29, 1.82) is 0 Å². The van der Waals surface area contributed by atoms with E-state index in [-0.39, 0.29) is 12.4 Å². The largest absolute Gasteiger partial charge is 0.356 e. The zero-order valence-electron chi connectivity index (χ0n) is 5.87. The van der Waals surface area contributed by atoms with Gasteiger partial charge >= 0.3 is 0 Å². The van der Waals surface area contributed by atoms with Crippen molar-refractivity contribution < 1.29 is 0 Å². The number of hydrogen-bond acceptors (Lipinski definition) is 4. The van der Waals surface area contributed by atoms with Gasteiger partial charge in [0.05, 0.1) is 12.4 Å². The highest BCUT2D eigenvalue weighted by molar-refractivity contribution is 5.85. The molecule has 0 atom stereocenters. The van der Waals surface area contributed by atoms with Gasteiger partial charge in [0.2, 0.25) is 0 Å². The van der Waals surface area contributed by atoms with E-state index < -0.39 is 0 Å². The molecule has 60 valence electrons. The van der Waals surface area contributed by atoms with Crippen LogP contribution in [-0.4, -0.2) is 16.6 Å². The van der Waals surface area contributed by atoms with Crippen LogP contribution in [0.25, 0.3) is 0 Å². The van der Waals surface area contributed by atoms with Crippen LogP contribution in [0.4, 0.5) is 5.82 Å². The average Bonchev–Trinajstić information content (AvgIpc) is 2.05. The van der Waals surface area contributed by atoms with E-state index >= 15 is 0 Å². The number of nitrogens with one attached hydrogen (secondary N) is 2. The average molecular weight is 173 g/mol. The summed E-state index contributed by atoms with van der Waals surface area (Å²) in [4.78, 5) is 8.24. The van der Waals surface area contributed by atoms with Gasteiger partial charge in [-0.2, -0.15) is 0 Å². The second-order valence-corrected chi connectivity index (χ2v) is 2.13. The minimum absolute atomic E-state index is 0. The van der Waals surface area contributed by atoms with E-state index in [1.807, 2.05) is 0 Å². The van der Waals surface area contributed by atoms with Crippen LogP contribution in [0, 0.1) is 0 Å². The van der Waals surface area contributed by atoms with Crippen molar-refractivity contribution in [1.82, 2.24) is 15.3 Å². The van der Waals surface area contributed by atoms with E-state index in [2.05, 4.69) is 20.6 Å². The Hall–Kier alpha value is -0.870. The molecule has 0 saturated heterocycles. The van der Waals surface area contributed by atoms with Crippen molar-refractivity contribution in [3.8, 4) is 0 Å². The quantitative estimate of drug-likeness (QED) is 0.594. The molecule has 1 aliphatic rings. The van der Waals surface area contributed by atoms with Crippen molar-refractivity contribution in [2.24, 2.45) is 0 Å². The lowest BCUT2D eigenvalue weighted by atomic mass is 10.3. The summed E-state index contributed by atoms with van der Waals surface area (Å²) in [5.74, 6) is 0.904. The molecule has 0 fully saturated rings. The molecular formula is C6H9ClN4. The standard InChI is InChI=1S/C6H8N4.ClH/c1-2-9-6-5(8-1)3-7-4-10-6;/h1-2,7H,3-4H2,(H,9,10);1H. The number of halogens is 1. The highest BCUT2D eigenvalue weighted by Gasteiger charge is 2.07. The summed E-state index contributed by atoms with van der Waals surface area (Å²) in [6.45, 7) is 1.60. The van der Waals surface area contributed by atoms with Crippen molar-refractivity contribution in [3.05, 3.63) is 18.1 Å². The first-order valence-corrected chi connectivity index (χ1v) is 3.21. The molecule has 11 heavy (non-hydrogen) atoms. The molecule has 2 heterocycles. The Morgan fingerprint density at radius 3 is 2.91 bits per heavy atom. The summed E-state index contributed by atoms with van der Waals surface area (Å²) >= 11 is 0. The van der Waals surface area contributed by atoms with Gasteiger partial charge in [0.1, 0.15) is 5.82 Å². The third kappa shape index (κ3) is 1.58. The van der Waals surface area contributed by atoms with Crippen LogP contribution in [0.1, 0.15) is 5.69 Å². The number of aromatic nitrogens is 2. The maximum atomic E-state index is 4.13. The Kier molecular flexibility index (Phi) is 2.62. The summed E-state index contributed by atoms with van der Waals surface area (Å²) < 4.78 is 0. The number of anilines is 1. The fourth-order valence-electron chi connectivity index (χ4n) is 0.971. The molecule has 5 heteroatoms. The first-order chi connectivity index (χ1) is 4.97. The minimum Gasteiger partial charge on any atom is -0.356 e. The molecule has 0 aromatic carbocycles. The highest BCUT2D eigenvalue weighted by atomic mass is 35.5. The van der Waals surface area contributed by atoms with Crippen molar-refractivity contribution in [3.63, 3.8) is 0 Å². The monoisotopic (exact) mass is 172 g/mol. The summed E-state index contributed by atoms with van der Waals surface area (Å²) in [5, 5.41) is 6.21. The lowest BCUT2D eigenvalue weighted by Gasteiger charge is -2.15. The number of rotatable bonds is 0. The number of nitrogens with zero attached hydrogens (tertiary/aromatic N) is 2. The molecule has 0 radical (unpaired) electrons. The van der Waals surface area contributed by atoms with Gasteiger partial charge in [-0.15, -0.1) is 12.4 Å². The molecule has 0 unspecified atom stereocenters. The molecule has 0 amide bonds. The normalized spacial score (nSPS) is 14.2. The molecule has 2 rings (SSSR count). The predicted molar refractivity (Wildman–Crippen MR) is 44.6 cm³/mol. The summed E-state index contributed by atoms with van der Waals surface area (Å²) in [6, 6.07) is 0. The van der Waals surface area contributed by atoms with Crippen molar-refractivity contribution in [2.45, 2.75) is 6.54 Å². The van der Waals surface area contributed by atoms with Gasteiger partial charge in [0.25, 0.3) is 0 Å². The molecule has 0 aliphatic carbocycles. The Balaban J connectivity index is 0.000000605. The van der Waals surface area contributed by atoms with Gasteiger partial charge in [-0.05, 0) is 0 Å². The Morgan fingerprint density at radius 1 is 1.27 bits per heavy atom. The van der Waals surface area contributed by atoms with Gasteiger partial charge in [0.15, 0.2) is 0 Å². The maximum Gasteiger partial charge on any atom is 0.150 e. The van der Waals surface area contributed by atoms with E-state index in [1.54, 1.807) is 12.4 Å². The molecule has 1 aromatic rings. The smallest absolute Gasteiger partial charge is 0.150 e. The van der Waals surface area contributed by atoms with Crippen LogP contribution in [0.5, 0.6) is 0 Å². The Bertz CT molecular complexity index is 215. The van der Waals surface area contributed by atoms with E-state index in [9.17, 15) is 0 Å². The van der Waals surface area contributed by atoms with Crippen LogP contribution in [-0.2, 0) is 6.54 Å². The van der Waals surface area contributed by atoms with Gasteiger partial charge in [-0.3, -0.25) is 10.3 Å². The number of hydrogen-bond donors (Lipinski definition) is 2. The van der Waals surface area contributed by atoms with Gasteiger partial charge < -0.3 is 5.32 Å². The summed E-state index contributed by atoms with van der Waals surface area (Å²) in [6.07, 6.45) is 3.39. The van der Waals surface area contributed by atoms with Crippen LogP contribution in [0.15, 0.2) is 12.4 Å². The lowest BCUT2D eigenvalue weighted by Crippen LogP contribution is -2.28. The first-order valence-electron chi connectivity index (χ1n) is 3.21. The van der Waals surface area contributed by atoms with Crippen LogP contribution in [0.2, 0.25) is 0 Å². The van der Waals surface area contributed by atoms with E-state index in [4.69, 9.17) is 0 Å². The second-order valence-electron chi connectivity index (χ2n) is 2.13. The first kappa shape index (κ1) is 8.23. The molecule has 0 saturated carbocycles. The molecule has 1 aliphatic heterocycles. The molecule has 2 N–H and O–H groups in total. The fourth-order valence-corrected chi connectivity index (χ4v) is 0.971. The van der Waals surface area contributed by atoms with Crippen LogP contribution >= 0.6 is 12.4 Å². The number of fused-ring (bicyclic) bond motifs is 1. The Morgan fingerprint density at radius 2 is 2.09 bits per heavy atom. The third-order valence-electron chi connectivity index (χ3n) is 1.45. The van der Waals surface area contributed by atoms with Crippen LogP contribution in [0.3, 0.4) is 0 Å². The molecule has 4 nitrogen and oxygen atoms in total. The zero-order valence-corrected chi connectivity index (χ0v) is 6.69. The van der Waals surface area contributed by atoms with Crippen molar-refractivity contribution in [2.75, 3.05) is 12.0 Å². The van der Waals surface area contributed by atoms with E-state index in [1.165, 1.54) is 0 Å². The Labute approximate surface area is 70.8 Å². The lowest BCUT2D eigenvalue weighted by molar-refractivity contribution is 0.682. The second kappa shape index (κ2) is 3.50. The van der Waals surface area contributed by atoms with E-state index in [0.717, 1.165) is 24.7 Å². The van der Waals surface area contributed by atoms with E-state index in [0.29, 0.717) is 0 Å². The fraction of sp³-hybridized carbons (Fsp3) is 0.333. The van der Waals surface area contributed by atoms with Crippen LogP contribution < -0.4 is 10.6 Å².